The third-order valence-electron chi connectivity index (χ3n) is 2.93. The van der Waals surface area contributed by atoms with E-state index >= 15 is 0 Å². The number of nitrogens with one attached hydrogen (secondary N) is 1. The van der Waals surface area contributed by atoms with Gasteiger partial charge in [-0.3, -0.25) is 14.9 Å². The number of carbonyl (C=O) groups excluding carboxylic acids is 1. The molecule has 0 aliphatic carbocycles. The minimum absolute atomic E-state index is 0.0698. The van der Waals surface area contributed by atoms with E-state index in [1.165, 1.54) is 29.2 Å². The number of nitrogens with zero attached hydrogens (tertiary/aromatic N) is 2. The molecule has 21 heavy (non-hydrogen) atoms. The quantitative estimate of drug-likeness (QED) is 0.617. The number of anilines is 1. The summed E-state index contributed by atoms with van der Waals surface area (Å²) in [7, 11) is 0. The zero-order valence-corrected chi connectivity index (χ0v) is 11.8. The van der Waals surface area contributed by atoms with Crippen molar-refractivity contribution in [2.24, 2.45) is 0 Å². The molecule has 0 bridgehead atoms. The van der Waals surface area contributed by atoms with Gasteiger partial charge >= 0.3 is 12.0 Å². The number of carboxylic acids is 1. The Morgan fingerprint density at radius 1 is 1.38 bits per heavy atom. The number of nitro groups is 1. The standard InChI is InChI=1S/C13H17N3O5/c1-3-15(9(2)8-12(17)18)13(19)14-10-4-6-11(7-5-10)16(20)21/h4-7,9H,3,8H2,1-2H3,(H,14,19)(H,17,18). The zero-order chi connectivity index (χ0) is 16.0. The van der Waals surface area contributed by atoms with Crippen molar-refractivity contribution in [3.63, 3.8) is 0 Å². The summed E-state index contributed by atoms with van der Waals surface area (Å²) < 4.78 is 0. The first kappa shape index (κ1) is 16.4. The molecule has 0 saturated carbocycles. The number of carboxylic acid groups (broad SMARTS) is 1. The molecule has 8 heteroatoms. The van der Waals surface area contributed by atoms with Crippen molar-refractivity contribution in [2.45, 2.75) is 26.3 Å². The highest BCUT2D eigenvalue weighted by Gasteiger charge is 2.20. The maximum atomic E-state index is 12.1. The van der Waals surface area contributed by atoms with Crippen molar-refractivity contribution in [1.82, 2.24) is 4.90 Å². The van der Waals surface area contributed by atoms with E-state index in [-0.39, 0.29) is 12.1 Å². The lowest BCUT2D eigenvalue weighted by Gasteiger charge is -2.27. The molecule has 0 aromatic heterocycles. The second-order valence-electron chi connectivity index (χ2n) is 4.47. The van der Waals surface area contributed by atoms with Crippen LogP contribution in [0.2, 0.25) is 0 Å². The molecule has 2 amide bonds. The first-order valence-electron chi connectivity index (χ1n) is 6.39. The molecule has 2 N–H and O–H groups in total. The second-order valence-corrected chi connectivity index (χ2v) is 4.47. The number of non-ortho nitro benzene ring substituents is 1. The van der Waals surface area contributed by atoms with Gasteiger partial charge in [0.1, 0.15) is 0 Å². The van der Waals surface area contributed by atoms with Crippen LogP contribution in [0.4, 0.5) is 16.2 Å². The van der Waals surface area contributed by atoms with E-state index in [9.17, 15) is 19.7 Å². The zero-order valence-electron chi connectivity index (χ0n) is 11.8. The van der Waals surface area contributed by atoms with Gasteiger partial charge in [0.25, 0.3) is 5.69 Å². The number of hydrogen-bond acceptors (Lipinski definition) is 4. The van der Waals surface area contributed by atoms with Crippen molar-refractivity contribution in [1.29, 1.82) is 0 Å². The Balaban J connectivity index is 2.73. The Morgan fingerprint density at radius 2 is 1.95 bits per heavy atom. The number of carbonyl (C=O) groups is 2. The lowest BCUT2D eigenvalue weighted by atomic mass is 10.2. The Labute approximate surface area is 121 Å². The highest BCUT2D eigenvalue weighted by molar-refractivity contribution is 5.89. The predicted octanol–water partition coefficient (Wildman–Crippen LogP) is 2.31. The summed E-state index contributed by atoms with van der Waals surface area (Å²) in [5, 5.41) is 21.9. The lowest BCUT2D eigenvalue weighted by Crippen LogP contribution is -2.42. The molecular formula is C13H17N3O5. The van der Waals surface area contributed by atoms with Crippen LogP contribution in [0.25, 0.3) is 0 Å². The van der Waals surface area contributed by atoms with Gasteiger partial charge in [-0.2, -0.15) is 0 Å². The van der Waals surface area contributed by atoms with Gasteiger partial charge in [-0.1, -0.05) is 0 Å². The van der Waals surface area contributed by atoms with E-state index in [2.05, 4.69) is 5.32 Å². The third-order valence-corrected chi connectivity index (χ3v) is 2.93. The Bertz CT molecular complexity index is 529. The van der Waals surface area contributed by atoms with E-state index in [1.54, 1.807) is 13.8 Å². The van der Waals surface area contributed by atoms with Crippen LogP contribution in [0.1, 0.15) is 20.3 Å². The van der Waals surface area contributed by atoms with E-state index in [4.69, 9.17) is 5.11 Å². The minimum atomic E-state index is -0.982. The van der Waals surface area contributed by atoms with Gasteiger partial charge < -0.3 is 15.3 Å². The molecule has 8 nitrogen and oxygen atoms in total. The summed E-state index contributed by atoms with van der Waals surface area (Å²) in [4.78, 5) is 34.2. The smallest absolute Gasteiger partial charge is 0.322 e. The predicted molar refractivity (Wildman–Crippen MR) is 76.2 cm³/mol. The fourth-order valence-corrected chi connectivity index (χ4v) is 1.88. The summed E-state index contributed by atoms with van der Waals surface area (Å²) in [6.07, 6.45) is -0.151. The van der Waals surface area contributed by atoms with Crippen molar-refractivity contribution in [3.8, 4) is 0 Å². The fraction of sp³-hybridized carbons (Fsp3) is 0.385. The summed E-state index contributed by atoms with van der Waals surface area (Å²) in [5.41, 5.74) is 0.339. The molecule has 0 heterocycles. The maximum absolute atomic E-state index is 12.1. The van der Waals surface area contributed by atoms with Gasteiger partial charge in [0.2, 0.25) is 0 Å². The van der Waals surface area contributed by atoms with Crippen LogP contribution in [0.5, 0.6) is 0 Å². The molecule has 0 radical (unpaired) electrons. The van der Waals surface area contributed by atoms with Gasteiger partial charge in [-0.25, -0.2) is 4.79 Å². The van der Waals surface area contributed by atoms with E-state index < -0.39 is 23.0 Å². The van der Waals surface area contributed by atoms with Gasteiger partial charge in [-0.15, -0.1) is 0 Å². The van der Waals surface area contributed by atoms with Gasteiger partial charge in [-0.05, 0) is 26.0 Å². The normalized spacial score (nSPS) is 11.5. The fourth-order valence-electron chi connectivity index (χ4n) is 1.88. The first-order chi connectivity index (χ1) is 9.85. The van der Waals surface area contributed by atoms with E-state index in [0.717, 1.165) is 0 Å². The van der Waals surface area contributed by atoms with Crippen molar-refractivity contribution in [2.75, 3.05) is 11.9 Å². The minimum Gasteiger partial charge on any atom is -0.481 e. The maximum Gasteiger partial charge on any atom is 0.322 e. The molecule has 114 valence electrons. The van der Waals surface area contributed by atoms with Crippen LogP contribution in [0.15, 0.2) is 24.3 Å². The summed E-state index contributed by atoms with van der Waals surface area (Å²) >= 11 is 0. The number of amides is 2. The highest BCUT2D eigenvalue weighted by Crippen LogP contribution is 2.16. The monoisotopic (exact) mass is 295 g/mol. The van der Waals surface area contributed by atoms with Crippen molar-refractivity contribution >= 4 is 23.4 Å². The molecule has 1 aromatic rings. The number of hydrogen-bond donors (Lipinski definition) is 2. The summed E-state index contributed by atoms with van der Waals surface area (Å²) in [6, 6.07) is 4.52. The topological polar surface area (TPSA) is 113 Å². The summed E-state index contributed by atoms with van der Waals surface area (Å²) in [6.45, 7) is 3.74. The molecule has 1 atom stereocenters. The molecule has 0 aliphatic rings. The molecular weight excluding hydrogens is 278 g/mol. The van der Waals surface area contributed by atoms with Crippen LogP contribution < -0.4 is 5.32 Å². The van der Waals surface area contributed by atoms with E-state index in [1.807, 2.05) is 0 Å². The van der Waals surface area contributed by atoms with Crippen molar-refractivity contribution < 1.29 is 19.6 Å². The third kappa shape index (κ3) is 4.75. The Kier molecular flexibility index (Phi) is 5.65. The number of nitro benzene ring substituents is 1. The SMILES string of the molecule is CCN(C(=O)Nc1ccc([N+](=O)[O-])cc1)C(C)CC(=O)O. The average molecular weight is 295 g/mol. The van der Waals surface area contributed by atoms with Gasteiger partial charge in [0.15, 0.2) is 0 Å². The highest BCUT2D eigenvalue weighted by atomic mass is 16.6. The Morgan fingerprint density at radius 3 is 2.38 bits per heavy atom. The molecule has 1 rings (SSSR count). The number of urea groups is 1. The largest absolute Gasteiger partial charge is 0.481 e. The van der Waals surface area contributed by atoms with Gasteiger partial charge in [0, 0.05) is 30.4 Å². The van der Waals surface area contributed by atoms with Crippen LogP contribution in [-0.2, 0) is 4.79 Å². The average Bonchev–Trinajstić information content (AvgIpc) is 2.39. The molecule has 0 spiro atoms. The second kappa shape index (κ2) is 7.22. The summed E-state index contributed by atoms with van der Waals surface area (Å²) in [5.74, 6) is -0.982. The number of aliphatic carboxylic acids is 1. The van der Waals surface area contributed by atoms with Crippen LogP contribution in [-0.4, -0.2) is 39.5 Å². The van der Waals surface area contributed by atoms with Crippen LogP contribution in [0, 0.1) is 10.1 Å². The van der Waals surface area contributed by atoms with Gasteiger partial charge in [0.05, 0.1) is 11.3 Å². The molecule has 0 aliphatic heterocycles. The molecule has 1 aromatic carbocycles. The Hall–Kier alpha value is -2.64. The van der Waals surface area contributed by atoms with Crippen LogP contribution >= 0.6 is 0 Å². The van der Waals surface area contributed by atoms with E-state index in [0.29, 0.717) is 12.2 Å². The van der Waals surface area contributed by atoms with Crippen LogP contribution in [0.3, 0.4) is 0 Å². The molecule has 1 unspecified atom stereocenters. The molecule has 0 fully saturated rings. The number of benzene rings is 1. The molecule has 0 saturated heterocycles. The number of rotatable bonds is 6. The lowest BCUT2D eigenvalue weighted by molar-refractivity contribution is -0.384. The van der Waals surface area contributed by atoms with Crippen molar-refractivity contribution in [3.05, 3.63) is 34.4 Å². The first-order valence-corrected chi connectivity index (χ1v) is 6.39.